The summed E-state index contributed by atoms with van der Waals surface area (Å²) in [7, 11) is 0. The zero-order chi connectivity index (χ0) is 20.6. The Morgan fingerprint density at radius 2 is 1.93 bits per heavy atom. The van der Waals surface area contributed by atoms with Crippen molar-refractivity contribution in [3.63, 3.8) is 0 Å². The van der Waals surface area contributed by atoms with Gasteiger partial charge in [-0.05, 0) is 24.3 Å². The van der Waals surface area contributed by atoms with E-state index in [1.807, 2.05) is 16.8 Å². The first kappa shape index (κ1) is 19.0. The molecule has 0 saturated carbocycles. The number of fused-ring (bicyclic) bond motifs is 2. The first-order valence-corrected chi connectivity index (χ1v) is 10.3. The third kappa shape index (κ3) is 3.53. The van der Waals surface area contributed by atoms with Crippen LogP contribution in [-0.2, 0) is 21.7 Å². The van der Waals surface area contributed by atoms with Crippen LogP contribution in [0.1, 0.15) is 18.7 Å². The van der Waals surface area contributed by atoms with Crippen LogP contribution < -0.4 is 10.2 Å². The van der Waals surface area contributed by atoms with Crippen LogP contribution in [0.3, 0.4) is 0 Å². The lowest BCUT2D eigenvalue weighted by Gasteiger charge is -2.45. The molecule has 30 heavy (non-hydrogen) atoms. The van der Waals surface area contributed by atoms with Gasteiger partial charge in [0.05, 0.1) is 6.54 Å². The topological polar surface area (TPSA) is 85.2 Å². The van der Waals surface area contributed by atoms with E-state index >= 15 is 0 Å². The monoisotopic (exact) mass is 424 g/mol. The number of hydrogen-bond donors (Lipinski definition) is 1. The van der Waals surface area contributed by atoms with E-state index in [1.54, 1.807) is 42.9 Å². The highest BCUT2D eigenvalue weighted by molar-refractivity contribution is 6.30. The first-order valence-electron chi connectivity index (χ1n) is 9.91. The van der Waals surface area contributed by atoms with E-state index in [2.05, 4.69) is 25.2 Å². The maximum absolute atomic E-state index is 13.0. The van der Waals surface area contributed by atoms with Gasteiger partial charge in [-0.15, -0.1) is 0 Å². The molecule has 2 aliphatic heterocycles. The Balaban J connectivity index is 1.35. The summed E-state index contributed by atoms with van der Waals surface area (Å²) in [5.41, 5.74) is 0.0428. The van der Waals surface area contributed by atoms with E-state index in [-0.39, 0.29) is 5.91 Å². The molecule has 2 aliphatic rings. The Labute approximate surface area is 178 Å². The van der Waals surface area contributed by atoms with Crippen molar-refractivity contribution in [2.75, 3.05) is 23.3 Å². The summed E-state index contributed by atoms with van der Waals surface area (Å²) in [6.07, 6.45) is 7.94. The number of ether oxygens (including phenoxy) is 1. The lowest BCUT2D eigenvalue weighted by Crippen LogP contribution is -2.53. The summed E-state index contributed by atoms with van der Waals surface area (Å²) in [4.78, 5) is 28.4. The van der Waals surface area contributed by atoms with Crippen molar-refractivity contribution < 1.29 is 9.53 Å². The molecule has 1 saturated heterocycles. The zero-order valence-corrected chi connectivity index (χ0v) is 17.0. The van der Waals surface area contributed by atoms with Crippen molar-refractivity contribution in [2.45, 2.75) is 31.1 Å². The van der Waals surface area contributed by atoms with Crippen LogP contribution in [0.25, 0.3) is 0 Å². The van der Waals surface area contributed by atoms with E-state index in [1.165, 1.54) is 0 Å². The van der Waals surface area contributed by atoms with Crippen LogP contribution in [0.4, 0.5) is 11.6 Å². The van der Waals surface area contributed by atoms with Crippen molar-refractivity contribution in [1.29, 1.82) is 0 Å². The molecule has 1 atom stereocenters. The van der Waals surface area contributed by atoms with Crippen LogP contribution in [0, 0.1) is 0 Å². The Bertz CT molecular complexity index is 1050. The van der Waals surface area contributed by atoms with Gasteiger partial charge in [0.15, 0.2) is 6.10 Å². The van der Waals surface area contributed by atoms with Crippen molar-refractivity contribution in [1.82, 2.24) is 19.5 Å². The number of imidazole rings is 1. The Hall–Kier alpha value is -2.97. The van der Waals surface area contributed by atoms with E-state index in [0.29, 0.717) is 36.0 Å². The first-order chi connectivity index (χ1) is 14.6. The molecule has 2 aromatic heterocycles. The van der Waals surface area contributed by atoms with E-state index in [4.69, 9.17) is 16.3 Å². The molecule has 0 unspecified atom stereocenters. The molecule has 0 radical (unpaired) electrons. The molecule has 5 rings (SSSR count). The van der Waals surface area contributed by atoms with E-state index in [0.717, 1.165) is 18.9 Å². The van der Waals surface area contributed by atoms with Gasteiger partial charge in [0.25, 0.3) is 5.91 Å². The molecule has 0 bridgehead atoms. The average molecular weight is 425 g/mol. The number of benzene rings is 1. The fraction of sp³-hybridized carbons (Fsp3) is 0.333. The van der Waals surface area contributed by atoms with Crippen LogP contribution in [-0.4, -0.2) is 44.6 Å². The maximum atomic E-state index is 13.0. The molecule has 1 spiro atoms. The predicted molar refractivity (Wildman–Crippen MR) is 112 cm³/mol. The number of carbonyl (C=O) groups excluding carboxylic acids is 1. The van der Waals surface area contributed by atoms with Gasteiger partial charge < -0.3 is 19.5 Å². The number of carbonyl (C=O) groups is 1. The summed E-state index contributed by atoms with van der Waals surface area (Å²) in [6.45, 7) is 1.87. The molecule has 154 valence electrons. The summed E-state index contributed by atoms with van der Waals surface area (Å²) >= 11 is 6.04. The van der Waals surface area contributed by atoms with Gasteiger partial charge in [-0.3, -0.25) is 4.79 Å². The second kappa shape index (κ2) is 7.70. The van der Waals surface area contributed by atoms with Gasteiger partial charge in [0.1, 0.15) is 11.4 Å². The summed E-state index contributed by atoms with van der Waals surface area (Å²) in [5, 5.41) is 3.49. The number of rotatable bonds is 3. The molecule has 1 N–H and O–H groups in total. The van der Waals surface area contributed by atoms with Gasteiger partial charge >= 0.3 is 0 Å². The second-order valence-corrected chi connectivity index (χ2v) is 7.98. The SMILES string of the molecule is O=C(Nc1cccc(Cl)c1)[C@H]1Cn2ccnc2C2(CCN(c3ncccn3)CC2)O1. The molecular weight excluding hydrogens is 404 g/mol. The quantitative estimate of drug-likeness (QED) is 0.695. The van der Waals surface area contributed by atoms with Crippen LogP contribution >= 0.6 is 11.6 Å². The van der Waals surface area contributed by atoms with Crippen LogP contribution in [0.5, 0.6) is 0 Å². The molecule has 1 fully saturated rings. The van der Waals surface area contributed by atoms with E-state index in [9.17, 15) is 4.79 Å². The Morgan fingerprint density at radius 3 is 2.70 bits per heavy atom. The van der Waals surface area contributed by atoms with Gasteiger partial charge in [0.2, 0.25) is 5.95 Å². The largest absolute Gasteiger partial charge is 0.352 e. The molecular formula is C21H21ClN6O2. The smallest absolute Gasteiger partial charge is 0.255 e. The number of hydrogen-bond acceptors (Lipinski definition) is 6. The third-order valence-electron chi connectivity index (χ3n) is 5.64. The highest BCUT2D eigenvalue weighted by Gasteiger charge is 2.47. The number of nitrogens with zero attached hydrogens (tertiary/aromatic N) is 5. The minimum absolute atomic E-state index is 0.190. The lowest BCUT2D eigenvalue weighted by atomic mass is 9.88. The molecule has 3 aromatic rings. The summed E-state index contributed by atoms with van der Waals surface area (Å²) in [6, 6.07) is 8.91. The normalized spacial score (nSPS) is 20.0. The second-order valence-electron chi connectivity index (χ2n) is 7.54. The zero-order valence-electron chi connectivity index (χ0n) is 16.2. The Kier molecular flexibility index (Phi) is 4.88. The minimum Gasteiger partial charge on any atom is -0.352 e. The van der Waals surface area contributed by atoms with Crippen LogP contribution in [0.2, 0.25) is 5.02 Å². The highest BCUT2D eigenvalue weighted by Crippen LogP contribution is 2.40. The fourth-order valence-corrected chi connectivity index (χ4v) is 4.38. The standard InChI is InChI=1S/C21H21ClN6O2/c22-15-3-1-4-16(13-15)26-18(29)17-14-28-12-9-23-19(28)21(30-17)5-10-27(11-6-21)20-24-7-2-8-25-20/h1-4,7-9,12-13,17H,5-6,10-11,14H2,(H,26,29)/t17-/m1/s1. The lowest BCUT2D eigenvalue weighted by molar-refractivity contribution is -0.162. The molecule has 8 nitrogen and oxygen atoms in total. The van der Waals surface area contributed by atoms with Crippen molar-refractivity contribution >= 4 is 29.1 Å². The molecule has 4 heterocycles. The number of anilines is 2. The molecule has 9 heteroatoms. The number of amides is 1. The van der Waals surface area contributed by atoms with Gasteiger partial charge in [-0.2, -0.15) is 0 Å². The molecule has 1 aromatic carbocycles. The van der Waals surface area contributed by atoms with Gasteiger partial charge in [-0.25, -0.2) is 15.0 Å². The number of halogens is 1. The highest BCUT2D eigenvalue weighted by atomic mass is 35.5. The summed E-state index contributed by atoms with van der Waals surface area (Å²) in [5.74, 6) is 1.40. The Morgan fingerprint density at radius 1 is 1.13 bits per heavy atom. The van der Waals surface area contributed by atoms with Crippen molar-refractivity contribution in [3.8, 4) is 0 Å². The molecule has 1 amide bonds. The number of piperidine rings is 1. The third-order valence-corrected chi connectivity index (χ3v) is 5.88. The number of aromatic nitrogens is 4. The van der Waals surface area contributed by atoms with Gasteiger partial charge in [0, 0.05) is 61.4 Å². The number of nitrogens with one attached hydrogen (secondary N) is 1. The molecule has 0 aliphatic carbocycles. The van der Waals surface area contributed by atoms with Crippen molar-refractivity contribution in [3.05, 3.63) is 66.0 Å². The van der Waals surface area contributed by atoms with E-state index < -0.39 is 11.7 Å². The van der Waals surface area contributed by atoms with Gasteiger partial charge in [-0.1, -0.05) is 17.7 Å². The summed E-state index contributed by atoms with van der Waals surface area (Å²) < 4.78 is 8.48. The minimum atomic E-state index is -0.620. The maximum Gasteiger partial charge on any atom is 0.255 e. The van der Waals surface area contributed by atoms with Crippen LogP contribution in [0.15, 0.2) is 55.1 Å². The van der Waals surface area contributed by atoms with Crippen molar-refractivity contribution in [2.24, 2.45) is 0 Å². The fourth-order valence-electron chi connectivity index (χ4n) is 4.19. The average Bonchev–Trinajstić information content (AvgIpc) is 3.25. The predicted octanol–water partition coefficient (Wildman–Crippen LogP) is 2.86.